The number of nitrogens with one attached hydrogen (secondary N) is 1. The van der Waals surface area contributed by atoms with Gasteiger partial charge in [-0.2, -0.15) is 0 Å². The van der Waals surface area contributed by atoms with Crippen LogP contribution in [0.3, 0.4) is 0 Å². The maximum atomic E-state index is 13.4. The normalized spacial score (nSPS) is 14.3. The zero-order valence-electron chi connectivity index (χ0n) is 23.1. The summed E-state index contributed by atoms with van der Waals surface area (Å²) in [7, 11) is 0. The molecule has 1 aliphatic rings. The highest BCUT2D eigenvalue weighted by molar-refractivity contribution is 6.04. The van der Waals surface area contributed by atoms with Crippen LogP contribution < -0.4 is 16.0 Å². The Balaban J connectivity index is 1.40. The third-order valence-corrected chi connectivity index (χ3v) is 7.65. The summed E-state index contributed by atoms with van der Waals surface area (Å²) in [4.78, 5) is 29.8. The first-order chi connectivity index (χ1) is 19.1. The van der Waals surface area contributed by atoms with E-state index in [0.29, 0.717) is 17.8 Å². The van der Waals surface area contributed by atoms with Crippen LogP contribution >= 0.6 is 0 Å². The first-order valence-corrected chi connectivity index (χ1v) is 14.4. The van der Waals surface area contributed by atoms with Gasteiger partial charge >= 0.3 is 6.03 Å². The van der Waals surface area contributed by atoms with Crippen LogP contribution in [0.1, 0.15) is 79.4 Å². The number of piperidine rings is 1. The molecule has 0 radical (unpaired) electrons. The van der Waals surface area contributed by atoms with E-state index < -0.39 is 6.03 Å². The predicted molar refractivity (Wildman–Crippen MR) is 159 cm³/mol. The fourth-order valence-electron chi connectivity index (χ4n) is 5.57. The molecule has 0 atom stereocenters. The number of amides is 3. The van der Waals surface area contributed by atoms with Crippen LogP contribution in [0.5, 0.6) is 0 Å². The number of carbonyl (C=O) groups is 2. The quantitative estimate of drug-likeness (QED) is 0.264. The molecule has 1 aliphatic heterocycles. The van der Waals surface area contributed by atoms with Crippen LogP contribution in [0.25, 0.3) is 0 Å². The van der Waals surface area contributed by atoms with E-state index >= 15 is 0 Å². The zero-order valence-corrected chi connectivity index (χ0v) is 23.1. The third kappa shape index (κ3) is 7.70. The third-order valence-electron chi connectivity index (χ3n) is 7.65. The molecule has 39 heavy (non-hydrogen) atoms. The molecule has 1 saturated heterocycles. The van der Waals surface area contributed by atoms with Crippen molar-refractivity contribution in [3.05, 3.63) is 102 Å². The molecule has 3 aromatic carbocycles. The van der Waals surface area contributed by atoms with Gasteiger partial charge in [-0.05, 0) is 42.5 Å². The SMILES string of the molecule is CCCCCCCN(C(N)=O)c1ccccc1C(=O)NC1CCN(C(c2ccccc2)c2ccccc2)CC1. The Morgan fingerprint density at radius 2 is 1.41 bits per heavy atom. The number of para-hydroxylation sites is 1. The van der Waals surface area contributed by atoms with Crippen molar-refractivity contribution >= 4 is 17.6 Å². The molecule has 1 fully saturated rings. The molecular weight excluding hydrogens is 484 g/mol. The minimum atomic E-state index is -0.521. The highest BCUT2D eigenvalue weighted by Crippen LogP contribution is 2.31. The number of likely N-dealkylation sites (tertiary alicyclic amines) is 1. The molecule has 6 nitrogen and oxygen atoms in total. The highest BCUT2D eigenvalue weighted by Gasteiger charge is 2.29. The summed E-state index contributed by atoms with van der Waals surface area (Å²) >= 11 is 0. The van der Waals surface area contributed by atoms with Crippen molar-refractivity contribution in [1.29, 1.82) is 0 Å². The molecule has 4 rings (SSSR count). The predicted octanol–water partition coefficient (Wildman–Crippen LogP) is 6.53. The van der Waals surface area contributed by atoms with Crippen molar-refractivity contribution in [1.82, 2.24) is 10.2 Å². The summed E-state index contributed by atoms with van der Waals surface area (Å²) in [5.41, 5.74) is 9.40. The van der Waals surface area contributed by atoms with Gasteiger partial charge in [-0.15, -0.1) is 0 Å². The average molecular weight is 527 g/mol. The van der Waals surface area contributed by atoms with Gasteiger partial charge in [0.15, 0.2) is 0 Å². The van der Waals surface area contributed by atoms with E-state index in [2.05, 4.69) is 77.8 Å². The minimum Gasteiger partial charge on any atom is -0.351 e. The Labute approximate surface area is 233 Å². The molecule has 0 unspecified atom stereocenters. The van der Waals surface area contributed by atoms with Crippen LogP contribution in [0.4, 0.5) is 10.5 Å². The number of anilines is 1. The van der Waals surface area contributed by atoms with E-state index in [1.807, 2.05) is 18.2 Å². The molecule has 0 aliphatic carbocycles. The van der Waals surface area contributed by atoms with Crippen molar-refractivity contribution < 1.29 is 9.59 Å². The summed E-state index contributed by atoms with van der Waals surface area (Å²) < 4.78 is 0. The summed E-state index contributed by atoms with van der Waals surface area (Å²) in [6, 6.07) is 28.3. The van der Waals surface area contributed by atoms with Crippen LogP contribution in [0, 0.1) is 0 Å². The molecule has 206 valence electrons. The second-order valence-corrected chi connectivity index (χ2v) is 10.4. The van der Waals surface area contributed by atoms with E-state index in [0.717, 1.165) is 45.2 Å². The monoisotopic (exact) mass is 526 g/mol. The molecule has 1 heterocycles. The Kier molecular flexibility index (Phi) is 10.5. The van der Waals surface area contributed by atoms with Gasteiger partial charge in [0.1, 0.15) is 0 Å². The number of benzene rings is 3. The number of urea groups is 1. The number of nitrogens with zero attached hydrogens (tertiary/aromatic N) is 2. The lowest BCUT2D eigenvalue weighted by Gasteiger charge is -2.38. The number of hydrogen-bond acceptors (Lipinski definition) is 3. The fourth-order valence-corrected chi connectivity index (χ4v) is 5.57. The van der Waals surface area contributed by atoms with E-state index in [1.54, 1.807) is 11.0 Å². The number of nitrogens with two attached hydrogens (primary N) is 1. The van der Waals surface area contributed by atoms with E-state index in [1.165, 1.54) is 24.0 Å². The lowest BCUT2D eigenvalue weighted by molar-refractivity contribution is 0.0901. The summed E-state index contributed by atoms with van der Waals surface area (Å²) in [5, 5.41) is 3.25. The second kappa shape index (κ2) is 14.5. The molecule has 6 heteroatoms. The van der Waals surface area contributed by atoms with Crippen molar-refractivity contribution in [2.45, 2.75) is 64.0 Å². The topological polar surface area (TPSA) is 78.7 Å². The molecule has 0 aromatic heterocycles. The minimum absolute atomic E-state index is 0.0741. The molecule has 0 spiro atoms. The van der Waals surface area contributed by atoms with E-state index in [4.69, 9.17) is 5.73 Å². The fraction of sp³-hybridized carbons (Fsp3) is 0.394. The molecule has 0 saturated carbocycles. The smallest absolute Gasteiger partial charge is 0.319 e. The Morgan fingerprint density at radius 1 is 0.846 bits per heavy atom. The van der Waals surface area contributed by atoms with Gasteiger partial charge in [0, 0.05) is 25.7 Å². The number of carbonyl (C=O) groups excluding carboxylic acids is 2. The number of rotatable bonds is 12. The first-order valence-electron chi connectivity index (χ1n) is 14.4. The number of hydrogen-bond donors (Lipinski definition) is 2. The molecule has 3 aromatic rings. The van der Waals surface area contributed by atoms with Crippen molar-refractivity contribution in [2.75, 3.05) is 24.5 Å². The largest absolute Gasteiger partial charge is 0.351 e. The number of primary amides is 1. The number of unbranched alkanes of at least 4 members (excludes halogenated alkanes) is 4. The molecule has 3 amide bonds. The van der Waals surface area contributed by atoms with Crippen LogP contribution in [0.2, 0.25) is 0 Å². The van der Waals surface area contributed by atoms with Gasteiger partial charge in [0.05, 0.1) is 17.3 Å². The second-order valence-electron chi connectivity index (χ2n) is 10.4. The highest BCUT2D eigenvalue weighted by atomic mass is 16.2. The van der Waals surface area contributed by atoms with Gasteiger partial charge in [0.25, 0.3) is 5.91 Å². The van der Waals surface area contributed by atoms with E-state index in [-0.39, 0.29) is 18.0 Å². The lowest BCUT2D eigenvalue weighted by atomic mass is 9.94. The van der Waals surface area contributed by atoms with Gasteiger partial charge in [-0.1, -0.05) is 105 Å². The van der Waals surface area contributed by atoms with Crippen molar-refractivity contribution in [3.8, 4) is 0 Å². The van der Waals surface area contributed by atoms with Gasteiger partial charge in [-0.25, -0.2) is 4.79 Å². The standard InChI is InChI=1S/C33H42N4O2/c1-2-3-4-5-14-23-37(33(34)39)30-20-13-12-19-29(30)32(38)35-28-21-24-36(25-22-28)31(26-15-8-6-9-16-26)27-17-10-7-11-18-27/h6-13,15-20,28,31H,2-5,14,21-25H2,1H3,(H2,34,39)(H,35,38). The van der Waals surface area contributed by atoms with Crippen molar-refractivity contribution in [3.63, 3.8) is 0 Å². The maximum Gasteiger partial charge on any atom is 0.319 e. The summed E-state index contributed by atoms with van der Waals surface area (Å²) in [6.07, 6.45) is 7.12. The molecule has 0 bridgehead atoms. The molecule has 3 N–H and O–H groups in total. The summed E-state index contributed by atoms with van der Waals surface area (Å²) in [5.74, 6) is -0.149. The maximum absolute atomic E-state index is 13.4. The van der Waals surface area contributed by atoms with Crippen LogP contribution in [0.15, 0.2) is 84.9 Å². The van der Waals surface area contributed by atoms with Gasteiger partial charge in [0.2, 0.25) is 0 Å². The lowest BCUT2D eigenvalue weighted by Crippen LogP contribution is -2.46. The zero-order chi connectivity index (χ0) is 27.5. The van der Waals surface area contributed by atoms with Crippen molar-refractivity contribution in [2.24, 2.45) is 5.73 Å². The molecular formula is C33H42N4O2. The Hall–Kier alpha value is -3.64. The van der Waals surface area contributed by atoms with Gasteiger partial charge in [-0.3, -0.25) is 14.6 Å². The van der Waals surface area contributed by atoms with Gasteiger partial charge < -0.3 is 11.1 Å². The van der Waals surface area contributed by atoms with Crippen LogP contribution in [-0.4, -0.2) is 42.5 Å². The first kappa shape index (κ1) is 28.4. The average Bonchev–Trinajstić information content (AvgIpc) is 2.97. The Morgan fingerprint density at radius 3 is 2.00 bits per heavy atom. The van der Waals surface area contributed by atoms with E-state index in [9.17, 15) is 9.59 Å². The Bertz CT molecular complexity index is 1140. The van der Waals surface area contributed by atoms with Crippen LogP contribution in [-0.2, 0) is 0 Å². The summed E-state index contributed by atoms with van der Waals surface area (Å²) in [6.45, 7) is 4.46.